The fourth-order valence-electron chi connectivity index (χ4n) is 2.88. The van der Waals surface area contributed by atoms with Gasteiger partial charge in [0.15, 0.2) is 0 Å². The molecule has 0 aliphatic rings. The Kier molecular flexibility index (Phi) is 6.11. The Bertz CT molecular complexity index is 997. The zero-order chi connectivity index (χ0) is 19.6. The lowest BCUT2D eigenvalue weighted by molar-refractivity contribution is 0.0526. The molecule has 0 radical (unpaired) electrons. The first-order valence-electron chi connectivity index (χ1n) is 8.41. The monoisotopic (exact) mass is 495 g/mol. The zero-order valence-corrected chi connectivity index (χ0v) is 18.4. The number of esters is 1. The van der Waals surface area contributed by atoms with Gasteiger partial charge in [-0.05, 0) is 69.5 Å². The minimum atomic E-state index is -0.428. The SMILES string of the molecule is CCOC(=O)c1c(CNc2cccc(C)c2)oc2cc(Br)c(OC)c(Br)c12. The van der Waals surface area contributed by atoms with Crippen LogP contribution in [0.3, 0.4) is 0 Å². The summed E-state index contributed by atoms with van der Waals surface area (Å²) in [5.41, 5.74) is 3.05. The third-order valence-electron chi connectivity index (χ3n) is 4.06. The molecule has 1 N–H and O–H groups in total. The van der Waals surface area contributed by atoms with Gasteiger partial charge in [0.1, 0.15) is 22.7 Å². The van der Waals surface area contributed by atoms with Gasteiger partial charge >= 0.3 is 5.97 Å². The molecule has 7 heteroatoms. The van der Waals surface area contributed by atoms with E-state index < -0.39 is 5.97 Å². The van der Waals surface area contributed by atoms with Gasteiger partial charge in [-0.15, -0.1) is 0 Å². The molecule has 0 unspecified atom stereocenters. The molecule has 27 heavy (non-hydrogen) atoms. The van der Waals surface area contributed by atoms with E-state index >= 15 is 0 Å². The van der Waals surface area contributed by atoms with E-state index in [1.54, 1.807) is 20.1 Å². The van der Waals surface area contributed by atoms with Gasteiger partial charge < -0.3 is 19.2 Å². The van der Waals surface area contributed by atoms with Crippen LogP contribution in [0.1, 0.15) is 28.6 Å². The van der Waals surface area contributed by atoms with Crippen molar-refractivity contribution in [1.82, 2.24) is 0 Å². The number of methoxy groups -OCH3 is 1. The Morgan fingerprint density at radius 3 is 2.70 bits per heavy atom. The quantitative estimate of drug-likeness (QED) is 0.420. The molecule has 0 aliphatic carbocycles. The molecule has 0 spiro atoms. The molecule has 5 nitrogen and oxygen atoms in total. The molecule has 1 heterocycles. The second-order valence-corrected chi connectivity index (χ2v) is 7.57. The molecular formula is C20H19Br2NO4. The Hall–Kier alpha value is -1.99. The Balaban J connectivity index is 2.09. The van der Waals surface area contributed by atoms with E-state index in [4.69, 9.17) is 13.9 Å². The number of carbonyl (C=O) groups excluding carboxylic acids is 1. The van der Waals surface area contributed by atoms with Gasteiger partial charge in [0.25, 0.3) is 0 Å². The van der Waals surface area contributed by atoms with Gasteiger partial charge in [0.2, 0.25) is 0 Å². The average molecular weight is 497 g/mol. The first kappa shape index (κ1) is 19.8. The largest absolute Gasteiger partial charge is 0.494 e. The molecule has 0 bridgehead atoms. The van der Waals surface area contributed by atoms with Crippen molar-refractivity contribution in [3.05, 3.63) is 56.2 Å². The lowest BCUT2D eigenvalue weighted by Gasteiger charge is -2.09. The van der Waals surface area contributed by atoms with Gasteiger partial charge in [-0.1, -0.05) is 12.1 Å². The second kappa shape index (κ2) is 8.35. The van der Waals surface area contributed by atoms with Gasteiger partial charge in [-0.2, -0.15) is 0 Å². The van der Waals surface area contributed by atoms with Crippen LogP contribution >= 0.6 is 31.9 Å². The highest BCUT2D eigenvalue weighted by Crippen LogP contribution is 2.43. The number of nitrogens with one attached hydrogen (secondary N) is 1. The van der Waals surface area contributed by atoms with E-state index in [-0.39, 0.29) is 6.61 Å². The molecule has 0 saturated carbocycles. The normalized spacial score (nSPS) is 10.9. The van der Waals surface area contributed by atoms with Gasteiger partial charge in [0.05, 0.1) is 34.6 Å². The summed E-state index contributed by atoms with van der Waals surface area (Å²) in [5, 5.41) is 3.94. The Morgan fingerprint density at radius 2 is 2.04 bits per heavy atom. The van der Waals surface area contributed by atoms with E-state index in [1.807, 2.05) is 31.2 Å². The molecule has 1 aromatic heterocycles. The molecular weight excluding hydrogens is 478 g/mol. The summed E-state index contributed by atoms with van der Waals surface area (Å²) in [5.74, 6) is 0.667. The van der Waals surface area contributed by atoms with Crippen molar-refractivity contribution in [2.75, 3.05) is 19.0 Å². The van der Waals surface area contributed by atoms with Crippen molar-refractivity contribution in [1.29, 1.82) is 0 Å². The highest BCUT2D eigenvalue weighted by Gasteiger charge is 2.26. The van der Waals surface area contributed by atoms with Gasteiger partial charge in [-0.25, -0.2) is 4.79 Å². The topological polar surface area (TPSA) is 60.7 Å². The molecule has 0 atom stereocenters. The maximum Gasteiger partial charge on any atom is 0.342 e. The third kappa shape index (κ3) is 3.99. The Morgan fingerprint density at radius 1 is 1.26 bits per heavy atom. The summed E-state index contributed by atoms with van der Waals surface area (Å²) >= 11 is 7.01. The maximum absolute atomic E-state index is 12.7. The molecule has 0 amide bonds. The number of rotatable bonds is 6. The van der Waals surface area contributed by atoms with Crippen LogP contribution in [0.2, 0.25) is 0 Å². The molecule has 0 saturated heterocycles. The van der Waals surface area contributed by atoms with Crippen molar-refractivity contribution in [3.63, 3.8) is 0 Å². The number of furan rings is 1. The number of ether oxygens (including phenoxy) is 2. The highest BCUT2D eigenvalue weighted by molar-refractivity contribution is 9.11. The lowest BCUT2D eigenvalue weighted by Crippen LogP contribution is -2.09. The molecule has 2 aromatic carbocycles. The van der Waals surface area contributed by atoms with Crippen LogP contribution in [0.15, 0.2) is 43.7 Å². The standard InChI is InChI=1S/C20H19Br2NO4/c1-4-26-20(24)17-15(10-23-12-7-5-6-11(2)8-12)27-14-9-13(21)19(25-3)18(22)16(14)17/h5-9,23H,4,10H2,1-3H3. The fourth-order valence-corrected chi connectivity index (χ4v) is 4.49. The maximum atomic E-state index is 12.7. The van der Waals surface area contributed by atoms with Crippen molar-refractivity contribution < 1.29 is 18.7 Å². The summed E-state index contributed by atoms with van der Waals surface area (Å²) in [4.78, 5) is 12.7. The average Bonchev–Trinajstić information content (AvgIpc) is 2.99. The minimum absolute atomic E-state index is 0.279. The van der Waals surface area contributed by atoms with Crippen LogP contribution in [0, 0.1) is 6.92 Å². The lowest BCUT2D eigenvalue weighted by atomic mass is 10.1. The highest BCUT2D eigenvalue weighted by atomic mass is 79.9. The van der Waals surface area contributed by atoms with E-state index in [9.17, 15) is 4.79 Å². The van der Waals surface area contributed by atoms with Crippen LogP contribution in [-0.4, -0.2) is 19.7 Å². The summed E-state index contributed by atoms with van der Waals surface area (Å²) in [7, 11) is 1.57. The summed E-state index contributed by atoms with van der Waals surface area (Å²) in [6.07, 6.45) is 0. The third-order valence-corrected chi connectivity index (χ3v) is 5.40. The smallest absolute Gasteiger partial charge is 0.342 e. The molecule has 0 fully saturated rings. The number of benzene rings is 2. The second-order valence-electron chi connectivity index (χ2n) is 5.92. The summed E-state index contributed by atoms with van der Waals surface area (Å²) < 4.78 is 18.1. The molecule has 0 aliphatic heterocycles. The zero-order valence-electron chi connectivity index (χ0n) is 15.2. The Labute approximate surface area is 174 Å². The van der Waals surface area contributed by atoms with Crippen LogP contribution < -0.4 is 10.1 Å². The van der Waals surface area contributed by atoms with E-state index in [2.05, 4.69) is 37.2 Å². The van der Waals surface area contributed by atoms with Crippen LogP contribution in [-0.2, 0) is 11.3 Å². The van der Waals surface area contributed by atoms with Crippen LogP contribution in [0.25, 0.3) is 11.0 Å². The van der Waals surface area contributed by atoms with Crippen LogP contribution in [0.4, 0.5) is 5.69 Å². The summed E-state index contributed by atoms with van der Waals surface area (Å²) in [6, 6.07) is 9.79. The predicted octanol–water partition coefficient (Wildman–Crippen LogP) is 6.06. The van der Waals surface area contributed by atoms with Crippen molar-refractivity contribution in [3.8, 4) is 5.75 Å². The molecule has 3 rings (SSSR count). The van der Waals surface area contributed by atoms with E-state index in [1.165, 1.54) is 0 Å². The van der Waals surface area contributed by atoms with Crippen molar-refractivity contribution in [2.24, 2.45) is 0 Å². The number of fused-ring (bicyclic) bond motifs is 1. The summed E-state index contributed by atoms with van der Waals surface area (Å²) in [6.45, 7) is 4.43. The first-order chi connectivity index (χ1) is 13.0. The number of hydrogen-bond acceptors (Lipinski definition) is 5. The number of carbonyl (C=O) groups is 1. The molecule has 142 valence electrons. The van der Waals surface area contributed by atoms with Crippen LogP contribution in [0.5, 0.6) is 5.75 Å². The number of anilines is 1. The number of aryl methyl sites for hydroxylation is 1. The fraction of sp³-hybridized carbons (Fsp3) is 0.250. The molecule has 3 aromatic rings. The number of halogens is 2. The van der Waals surface area contributed by atoms with E-state index in [0.717, 1.165) is 15.7 Å². The van der Waals surface area contributed by atoms with E-state index in [0.29, 0.717) is 39.1 Å². The number of hydrogen-bond donors (Lipinski definition) is 1. The van der Waals surface area contributed by atoms with Crippen molar-refractivity contribution >= 4 is 54.5 Å². The first-order valence-corrected chi connectivity index (χ1v) is 9.99. The van der Waals surface area contributed by atoms with Crippen molar-refractivity contribution in [2.45, 2.75) is 20.4 Å². The predicted molar refractivity (Wildman–Crippen MR) is 113 cm³/mol. The van der Waals surface area contributed by atoms with Gasteiger partial charge in [-0.3, -0.25) is 0 Å². The van der Waals surface area contributed by atoms with Gasteiger partial charge in [0, 0.05) is 5.69 Å². The minimum Gasteiger partial charge on any atom is -0.494 e.